The number of carboxylic acid groups (broad SMARTS) is 1. The summed E-state index contributed by atoms with van der Waals surface area (Å²) in [5.41, 5.74) is 0.277. The van der Waals surface area contributed by atoms with Crippen LogP contribution in [0.2, 0.25) is 0 Å². The zero-order chi connectivity index (χ0) is 21.6. The maximum absolute atomic E-state index is 13.2. The number of carbonyl (C=O) groups is 3. The molecule has 6 aliphatic rings. The third-order valence-corrected chi connectivity index (χ3v) is 10.2. The Morgan fingerprint density at radius 3 is 2.43 bits per heavy atom. The number of allylic oxidation sites excluding steroid dienone is 4. The van der Waals surface area contributed by atoms with Crippen LogP contribution in [0.25, 0.3) is 0 Å². The number of carboxylic acids is 1. The largest absolute Gasteiger partial charge is 0.481 e. The van der Waals surface area contributed by atoms with Crippen molar-refractivity contribution in [1.82, 2.24) is 0 Å². The summed E-state index contributed by atoms with van der Waals surface area (Å²) in [5.74, 6) is 0.00398. The standard InChI is InChI=1S/C26H34O4/c1-14(2)16-13-26-11-8-19-24(3,9-5-10-25(19,4)23(29)30)20(26)12-15(16)21-17(27)6-7-18(28)22(21)26/h6-7,13-15,19-22H,5,8-12H2,1-4H3,(H,29,30)/t15-,19+,20+,21-,22-,24+,25-,26+/m1/s1. The predicted octanol–water partition coefficient (Wildman–Crippen LogP) is 4.84. The van der Waals surface area contributed by atoms with Crippen molar-refractivity contribution in [2.45, 2.75) is 66.2 Å². The zero-order valence-electron chi connectivity index (χ0n) is 18.6. The lowest BCUT2D eigenvalue weighted by Gasteiger charge is -2.69. The molecule has 0 aromatic carbocycles. The molecule has 1 spiro atoms. The Morgan fingerprint density at radius 1 is 1.07 bits per heavy atom. The molecule has 4 nitrogen and oxygen atoms in total. The van der Waals surface area contributed by atoms with Gasteiger partial charge in [-0.05, 0) is 80.3 Å². The minimum absolute atomic E-state index is 0.101. The summed E-state index contributed by atoms with van der Waals surface area (Å²) in [5, 5.41) is 10.1. The van der Waals surface area contributed by atoms with E-state index in [0.717, 1.165) is 38.5 Å². The molecule has 0 aliphatic heterocycles. The lowest BCUT2D eigenvalue weighted by atomic mass is 9.33. The number of carbonyl (C=O) groups excluding carboxylic acids is 2. The van der Waals surface area contributed by atoms with Crippen LogP contribution in [-0.4, -0.2) is 22.6 Å². The molecular formula is C26H34O4. The highest BCUT2D eigenvalue weighted by atomic mass is 16.4. The molecule has 0 heterocycles. The second kappa shape index (κ2) is 6.17. The fourth-order valence-electron chi connectivity index (χ4n) is 9.05. The Morgan fingerprint density at radius 2 is 1.77 bits per heavy atom. The molecule has 0 amide bonds. The molecule has 2 bridgehead atoms. The Bertz CT molecular complexity index is 897. The van der Waals surface area contributed by atoms with Gasteiger partial charge in [0.2, 0.25) is 0 Å². The van der Waals surface area contributed by atoms with Gasteiger partial charge in [-0.15, -0.1) is 0 Å². The van der Waals surface area contributed by atoms with Crippen LogP contribution in [0.4, 0.5) is 0 Å². The van der Waals surface area contributed by atoms with Crippen LogP contribution in [0.1, 0.15) is 66.2 Å². The van der Waals surface area contributed by atoms with E-state index in [2.05, 4.69) is 26.8 Å². The van der Waals surface area contributed by atoms with Crippen LogP contribution < -0.4 is 0 Å². The van der Waals surface area contributed by atoms with Crippen molar-refractivity contribution >= 4 is 17.5 Å². The third kappa shape index (κ3) is 2.26. The first kappa shape index (κ1) is 20.2. The molecule has 1 N–H and O–H groups in total. The van der Waals surface area contributed by atoms with Crippen molar-refractivity contribution < 1.29 is 19.5 Å². The lowest BCUT2D eigenvalue weighted by molar-refractivity contribution is -0.197. The van der Waals surface area contributed by atoms with Gasteiger partial charge in [0.1, 0.15) is 0 Å². The first-order valence-electron chi connectivity index (χ1n) is 11.8. The maximum atomic E-state index is 13.2. The highest BCUT2D eigenvalue weighted by Crippen LogP contribution is 2.73. The highest BCUT2D eigenvalue weighted by molar-refractivity contribution is 6.08. The second-order valence-corrected chi connectivity index (χ2v) is 11.6. The Balaban J connectivity index is 1.68. The van der Waals surface area contributed by atoms with E-state index in [1.165, 1.54) is 17.7 Å². The fraction of sp³-hybridized carbons (Fsp3) is 0.731. The molecule has 162 valence electrons. The fourth-order valence-corrected chi connectivity index (χ4v) is 9.05. The Kier molecular flexibility index (Phi) is 4.16. The van der Waals surface area contributed by atoms with Crippen LogP contribution >= 0.6 is 0 Å². The molecule has 6 aliphatic carbocycles. The van der Waals surface area contributed by atoms with Crippen LogP contribution in [0, 0.1) is 51.8 Å². The monoisotopic (exact) mass is 410 g/mol. The Labute approximate surface area is 179 Å². The topological polar surface area (TPSA) is 71.4 Å². The van der Waals surface area contributed by atoms with E-state index < -0.39 is 11.4 Å². The van der Waals surface area contributed by atoms with Crippen LogP contribution in [0.3, 0.4) is 0 Å². The van der Waals surface area contributed by atoms with Crippen molar-refractivity contribution in [3.8, 4) is 0 Å². The number of rotatable bonds is 2. The van der Waals surface area contributed by atoms with E-state index in [0.29, 0.717) is 5.92 Å². The molecule has 3 saturated carbocycles. The number of hydrogen-bond donors (Lipinski definition) is 1. The van der Waals surface area contributed by atoms with Crippen LogP contribution in [0.5, 0.6) is 0 Å². The third-order valence-electron chi connectivity index (χ3n) is 10.2. The first-order valence-corrected chi connectivity index (χ1v) is 11.8. The van der Waals surface area contributed by atoms with E-state index in [1.807, 2.05) is 6.92 Å². The zero-order valence-corrected chi connectivity index (χ0v) is 18.6. The minimum atomic E-state index is -0.693. The number of fused-ring (bicyclic) bond motifs is 1. The molecule has 30 heavy (non-hydrogen) atoms. The van der Waals surface area contributed by atoms with Crippen molar-refractivity contribution in [2.24, 2.45) is 51.8 Å². The summed E-state index contributed by atoms with van der Waals surface area (Å²) >= 11 is 0. The number of aliphatic carboxylic acids is 1. The normalized spacial score (nSPS) is 49.4. The summed E-state index contributed by atoms with van der Waals surface area (Å²) < 4.78 is 0. The molecule has 3 fully saturated rings. The van der Waals surface area contributed by atoms with Gasteiger partial charge in [-0.1, -0.05) is 38.8 Å². The van der Waals surface area contributed by atoms with E-state index in [1.54, 1.807) is 0 Å². The quantitative estimate of drug-likeness (QED) is 0.662. The van der Waals surface area contributed by atoms with Crippen molar-refractivity contribution in [3.63, 3.8) is 0 Å². The van der Waals surface area contributed by atoms with Crippen molar-refractivity contribution in [1.29, 1.82) is 0 Å². The van der Waals surface area contributed by atoms with Gasteiger partial charge in [-0.25, -0.2) is 0 Å². The molecule has 0 radical (unpaired) electrons. The predicted molar refractivity (Wildman–Crippen MR) is 114 cm³/mol. The van der Waals surface area contributed by atoms with Gasteiger partial charge < -0.3 is 5.11 Å². The first-order chi connectivity index (χ1) is 14.1. The summed E-state index contributed by atoms with van der Waals surface area (Å²) in [6, 6.07) is 0. The van der Waals surface area contributed by atoms with Gasteiger partial charge >= 0.3 is 5.97 Å². The van der Waals surface area contributed by atoms with Gasteiger partial charge in [-0.2, -0.15) is 0 Å². The maximum Gasteiger partial charge on any atom is 0.309 e. The van der Waals surface area contributed by atoms with Crippen molar-refractivity contribution in [3.05, 3.63) is 23.8 Å². The van der Waals surface area contributed by atoms with Gasteiger partial charge in [0, 0.05) is 17.3 Å². The second-order valence-electron chi connectivity index (χ2n) is 11.6. The SMILES string of the molecule is CC(C)C1=C[C@@]23CC[C@H]4[C@](C)(CCC[C@@]4(C)C(=O)O)[C@@H]2C[C@H]1[C@@H]1C(=O)C=CC(=O)[C@H]13. The van der Waals surface area contributed by atoms with Gasteiger partial charge in [0.15, 0.2) is 11.6 Å². The van der Waals surface area contributed by atoms with E-state index in [4.69, 9.17) is 0 Å². The number of ketones is 2. The van der Waals surface area contributed by atoms with Gasteiger partial charge in [-0.3, -0.25) is 14.4 Å². The summed E-state index contributed by atoms with van der Waals surface area (Å²) in [6.45, 7) is 8.67. The molecule has 0 aromatic heterocycles. The van der Waals surface area contributed by atoms with Gasteiger partial charge in [0.05, 0.1) is 5.41 Å². The van der Waals surface area contributed by atoms with Crippen molar-refractivity contribution in [2.75, 3.05) is 0 Å². The van der Waals surface area contributed by atoms with Gasteiger partial charge in [0.25, 0.3) is 0 Å². The smallest absolute Gasteiger partial charge is 0.309 e. The molecule has 0 aromatic rings. The number of hydrogen-bond acceptors (Lipinski definition) is 3. The summed E-state index contributed by atoms with van der Waals surface area (Å²) in [7, 11) is 0. The molecule has 0 unspecified atom stereocenters. The average Bonchev–Trinajstić information content (AvgIpc) is 2.69. The molecule has 4 heteroatoms. The van der Waals surface area contributed by atoms with Crippen LogP contribution in [0.15, 0.2) is 23.8 Å². The average molecular weight is 411 g/mol. The lowest BCUT2D eigenvalue weighted by Crippen LogP contribution is -2.66. The molecule has 6 rings (SSSR count). The summed E-state index contributed by atoms with van der Waals surface area (Å²) in [4.78, 5) is 38.6. The molecule has 8 atom stereocenters. The summed E-state index contributed by atoms with van der Waals surface area (Å²) in [6.07, 6.45) is 10.8. The highest BCUT2D eigenvalue weighted by Gasteiger charge is 2.70. The molecular weight excluding hydrogens is 376 g/mol. The molecule has 0 saturated heterocycles. The minimum Gasteiger partial charge on any atom is -0.481 e. The Hall–Kier alpha value is -1.71. The van der Waals surface area contributed by atoms with Crippen LogP contribution in [-0.2, 0) is 14.4 Å². The van der Waals surface area contributed by atoms with E-state index >= 15 is 0 Å². The van der Waals surface area contributed by atoms with E-state index in [-0.39, 0.29) is 52.0 Å². The van der Waals surface area contributed by atoms with E-state index in [9.17, 15) is 19.5 Å².